The van der Waals surface area contributed by atoms with Gasteiger partial charge in [0, 0.05) is 12.3 Å². The molecule has 0 aliphatic heterocycles. The Labute approximate surface area is 137 Å². The molecule has 0 amide bonds. The summed E-state index contributed by atoms with van der Waals surface area (Å²) in [5, 5.41) is 11.2. The molecule has 0 aliphatic carbocycles. The van der Waals surface area contributed by atoms with E-state index in [1.807, 2.05) is 0 Å². The van der Waals surface area contributed by atoms with Crippen molar-refractivity contribution in [2.24, 2.45) is 0 Å². The number of nitro groups is 1. The van der Waals surface area contributed by atoms with Gasteiger partial charge in [-0.3, -0.25) is 24.7 Å². The minimum atomic E-state index is -1.66. The van der Waals surface area contributed by atoms with Crippen LogP contribution in [0.4, 0.5) is 5.69 Å². The van der Waals surface area contributed by atoms with Crippen LogP contribution in [0.3, 0.4) is 0 Å². The van der Waals surface area contributed by atoms with Crippen molar-refractivity contribution in [2.75, 3.05) is 6.61 Å². The third kappa shape index (κ3) is 5.17. The standard InChI is InChI=1S/C14H17ClN2O6/c1-5-22-12(18)10(13(19)23-14(2,3)4)11-9(17(20)21)6-8(15)7-16-11/h6-7,10H,5H2,1-4H3. The van der Waals surface area contributed by atoms with Crippen molar-refractivity contribution in [2.45, 2.75) is 39.2 Å². The third-order valence-corrected chi connectivity index (χ3v) is 2.71. The Morgan fingerprint density at radius 2 is 2.00 bits per heavy atom. The van der Waals surface area contributed by atoms with Crippen LogP contribution in [-0.4, -0.2) is 34.1 Å². The van der Waals surface area contributed by atoms with Crippen LogP contribution in [0.1, 0.15) is 39.3 Å². The predicted octanol–water partition coefficient (Wildman–Crippen LogP) is 2.63. The molecule has 1 rings (SSSR count). The van der Waals surface area contributed by atoms with E-state index < -0.39 is 34.1 Å². The average molecular weight is 345 g/mol. The van der Waals surface area contributed by atoms with Crippen LogP contribution in [0.2, 0.25) is 5.02 Å². The molecule has 1 aromatic heterocycles. The number of carbonyl (C=O) groups excluding carboxylic acids is 2. The van der Waals surface area contributed by atoms with Gasteiger partial charge in [0.1, 0.15) is 11.3 Å². The number of carbonyl (C=O) groups is 2. The van der Waals surface area contributed by atoms with E-state index in [0.29, 0.717) is 0 Å². The van der Waals surface area contributed by atoms with E-state index in [2.05, 4.69) is 4.98 Å². The van der Waals surface area contributed by atoms with Crippen molar-refractivity contribution in [3.63, 3.8) is 0 Å². The third-order valence-electron chi connectivity index (χ3n) is 2.50. The number of nitrogens with zero attached hydrogens (tertiary/aromatic N) is 2. The maximum Gasteiger partial charge on any atom is 0.327 e. The topological polar surface area (TPSA) is 109 Å². The summed E-state index contributed by atoms with van der Waals surface area (Å²) in [6.07, 6.45) is 1.11. The SMILES string of the molecule is CCOC(=O)C(C(=O)OC(C)(C)C)c1ncc(Cl)cc1[N+](=O)[O-]. The van der Waals surface area contributed by atoms with Crippen LogP contribution < -0.4 is 0 Å². The van der Waals surface area contributed by atoms with E-state index in [-0.39, 0.29) is 17.3 Å². The lowest BCUT2D eigenvalue weighted by molar-refractivity contribution is -0.386. The van der Waals surface area contributed by atoms with Crippen molar-refractivity contribution in [1.29, 1.82) is 0 Å². The Morgan fingerprint density at radius 1 is 1.39 bits per heavy atom. The smallest absolute Gasteiger partial charge is 0.327 e. The number of hydrogen-bond acceptors (Lipinski definition) is 7. The summed E-state index contributed by atoms with van der Waals surface area (Å²) >= 11 is 5.69. The Bertz CT molecular complexity index is 626. The first kappa shape index (κ1) is 18.8. The molecule has 23 heavy (non-hydrogen) atoms. The highest BCUT2D eigenvalue weighted by Gasteiger charge is 2.40. The minimum Gasteiger partial charge on any atom is -0.465 e. The van der Waals surface area contributed by atoms with Crippen LogP contribution in [0, 0.1) is 10.1 Å². The molecule has 0 spiro atoms. The highest BCUT2D eigenvalue weighted by atomic mass is 35.5. The van der Waals surface area contributed by atoms with Gasteiger partial charge in [-0.2, -0.15) is 0 Å². The predicted molar refractivity (Wildman–Crippen MR) is 81.1 cm³/mol. The molecular formula is C14H17ClN2O6. The highest BCUT2D eigenvalue weighted by molar-refractivity contribution is 6.30. The Morgan fingerprint density at radius 3 is 2.48 bits per heavy atom. The van der Waals surface area contributed by atoms with Gasteiger partial charge in [0.25, 0.3) is 5.69 Å². The zero-order valence-electron chi connectivity index (χ0n) is 13.2. The maximum absolute atomic E-state index is 12.3. The summed E-state index contributed by atoms with van der Waals surface area (Å²) in [4.78, 5) is 38.6. The number of rotatable bonds is 5. The fourth-order valence-electron chi connectivity index (χ4n) is 1.71. The van der Waals surface area contributed by atoms with E-state index in [0.717, 1.165) is 12.3 Å². The lowest BCUT2D eigenvalue weighted by Crippen LogP contribution is -2.33. The van der Waals surface area contributed by atoms with E-state index in [4.69, 9.17) is 21.1 Å². The number of pyridine rings is 1. The normalized spacial score (nSPS) is 12.4. The zero-order chi connectivity index (χ0) is 17.8. The van der Waals surface area contributed by atoms with Crippen molar-refractivity contribution < 1.29 is 24.0 Å². The fourth-order valence-corrected chi connectivity index (χ4v) is 1.87. The van der Waals surface area contributed by atoms with Crippen LogP contribution in [0.25, 0.3) is 0 Å². The van der Waals surface area contributed by atoms with E-state index >= 15 is 0 Å². The molecule has 0 bridgehead atoms. The molecule has 0 aliphatic rings. The van der Waals surface area contributed by atoms with Gasteiger partial charge >= 0.3 is 11.9 Å². The largest absolute Gasteiger partial charge is 0.465 e. The summed E-state index contributed by atoms with van der Waals surface area (Å²) in [6, 6.07) is 1.01. The summed E-state index contributed by atoms with van der Waals surface area (Å²) in [5.74, 6) is -3.61. The first-order valence-electron chi connectivity index (χ1n) is 6.76. The summed E-state index contributed by atoms with van der Waals surface area (Å²) in [5.41, 5.74) is -1.81. The lowest BCUT2D eigenvalue weighted by Gasteiger charge is -2.22. The number of ether oxygens (including phenoxy) is 2. The second-order valence-electron chi connectivity index (χ2n) is 5.53. The summed E-state index contributed by atoms with van der Waals surface area (Å²) in [6.45, 7) is 6.37. The Hall–Kier alpha value is -2.22. The molecule has 0 saturated carbocycles. The molecule has 126 valence electrons. The quantitative estimate of drug-likeness (QED) is 0.349. The summed E-state index contributed by atoms with van der Waals surface area (Å²) in [7, 11) is 0. The lowest BCUT2D eigenvalue weighted by atomic mass is 10.0. The fraction of sp³-hybridized carbons (Fsp3) is 0.500. The molecular weight excluding hydrogens is 328 g/mol. The van der Waals surface area contributed by atoms with Gasteiger partial charge in [-0.15, -0.1) is 0 Å². The van der Waals surface area contributed by atoms with Gasteiger partial charge in [-0.25, -0.2) is 0 Å². The molecule has 9 heteroatoms. The molecule has 1 unspecified atom stereocenters. The average Bonchev–Trinajstić information content (AvgIpc) is 2.38. The molecule has 0 saturated heterocycles. The van der Waals surface area contributed by atoms with Gasteiger partial charge in [-0.1, -0.05) is 11.6 Å². The van der Waals surface area contributed by atoms with Gasteiger partial charge in [0.15, 0.2) is 0 Å². The highest BCUT2D eigenvalue weighted by Crippen LogP contribution is 2.30. The molecule has 0 fully saturated rings. The van der Waals surface area contributed by atoms with E-state index in [9.17, 15) is 19.7 Å². The maximum atomic E-state index is 12.3. The van der Waals surface area contributed by atoms with Crippen LogP contribution in [-0.2, 0) is 19.1 Å². The van der Waals surface area contributed by atoms with Crippen LogP contribution in [0.5, 0.6) is 0 Å². The number of esters is 2. The van der Waals surface area contributed by atoms with E-state index in [1.165, 1.54) is 0 Å². The number of hydrogen-bond donors (Lipinski definition) is 0. The van der Waals surface area contributed by atoms with Gasteiger partial charge in [-0.05, 0) is 27.7 Å². The summed E-state index contributed by atoms with van der Waals surface area (Å²) < 4.78 is 9.98. The van der Waals surface area contributed by atoms with E-state index in [1.54, 1.807) is 27.7 Å². The molecule has 0 N–H and O–H groups in total. The van der Waals surface area contributed by atoms with Crippen molar-refractivity contribution >= 4 is 29.2 Å². The zero-order valence-corrected chi connectivity index (χ0v) is 13.9. The second kappa shape index (κ2) is 7.36. The number of aromatic nitrogens is 1. The van der Waals surface area contributed by atoms with Crippen molar-refractivity contribution in [3.8, 4) is 0 Å². The second-order valence-corrected chi connectivity index (χ2v) is 5.97. The monoisotopic (exact) mass is 344 g/mol. The molecule has 1 aromatic rings. The number of halogens is 1. The van der Waals surface area contributed by atoms with Crippen molar-refractivity contribution in [1.82, 2.24) is 4.98 Å². The Balaban J connectivity index is 3.38. The molecule has 8 nitrogen and oxygen atoms in total. The minimum absolute atomic E-state index is 0.000478. The first-order chi connectivity index (χ1) is 10.6. The van der Waals surface area contributed by atoms with Gasteiger partial charge < -0.3 is 9.47 Å². The molecule has 0 radical (unpaired) electrons. The van der Waals surface area contributed by atoms with Crippen LogP contribution >= 0.6 is 11.6 Å². The van der Waals surface area contributed by atoms with Gasteiger partial charge in [0.05, 0.1) is 16.6 Å². The molecule has 1 atom stereocenters. The van der Waals surface area contributed by atoms with Gasteiger partial charge in [0.2, 0.25) is 5.92 Å². The Kier molecular flexibility index (Phi) is 6.03. The van der Waals surface area contributed by atoms with Crippen LogP contribution in [0.15, 0.2) is 12.3 Å². The first-order valence-corrected chi connectivity index (χ1v) is 7.14. The molecule has 0 aromatic carbocycles. The molecule has 1 heterocycles. The van der Waals surface area contributed by atoms with Crippen molar-refractivity contribution in [3.05, 3.63) is 33.1 Å².